The summed E-state index contributed by atoms with van der Waals surface area (Å²) in [4.78, 5) is 68.2. The Morgan fingerprint density at radius 1 is 0.889 bits per heavy atom. The molecule has 0 heterocycles. The van der Waals surface area contributed by atoms with E-state index in [0.717, 1.165) is 44.1 Å². The van der Waals surface area contributed by atoms with Gasteiger partial charge >= 0.3 is 17.9 Å². The van der Waals surface area contributed by atoms with Crippen LogP contribution < -0.4 is 0 Å². The Labute approximate surface area is 321 Å². The van der Waals surface area contributed by atoms with Crippen molar-refractivity contribution in [2.24, 2.45) is 56.2 Å². The van der Waals surface area contributed by atoms with Crippen LogP contribution in [0.5, 0.6) is 0 Å². The minimum atomic E-state index is -1.66. The molecule has 0 radical (unpaired) electrons. The molecule has 0 unspecified atom stereocenters. The van der Waals surface area contributed by atoms with Gasteiger partial charge in [0.25, 0.3) is 0 Å². The van der Waals surface area contributed by atoms with Crippen molar-refractivity contribution in [2.75, 3.05) is 7.05 Å². The van der Waals surface area contributed by atoms with E-state index in [1.807, 2.05) is 36.4 Å². The lowest BCUT2D eigenvalue weighted by Gasteiger charge is -2.70. The second-order valence-corrected chi connectivity index (χ2v) is 20.1. The maximum absolute atomic E-state index is 14.9. The molecule has 2 N–H and O–H groups in total. The topological polar surface area (TPSA) is 138 Å². The number of allylic oxidation sites excluding steroid dienone is 2. The predicted molar refractivity (Wildman–Crippen MR) is 205 cm³/mol. The number of hydrogen-bond donors (Lipinski definition) is 2. The molecular weight excluding hydrogens is 682 g/mol. The minimum Gasteiger partial charge on any atom is -0.481 e. The van der Waals surface area contributed by atoms with Gasteiger partial charge in [0.05, 0.1) is 5.41 Å². The summed E-state index contributed by atoms with van der Waals surface area (Å²) in [5, 5.41) is 19.5. The van der Waals surface area contributed by atoms with Crippen molar-refractivity contribution in [2.45, 2.75) is 138 Å². The number of nitrogens with zero attached hydrogens (tertiary/aromatic N) is 1. The number of esters is 1. The van der Waals surface area contributed by atoms with Crippen molar-refractivity contribution in [1.29, 1.82) is 0 Å². The van der Waals surface area contributed by atoms with Crippen LogP contribution in [0.3, 0.4) is 0 Å². The molecule has 1 aromatic rings. The van der Waals surface area contributed by atoms with Crippen molar-refractivity contribution >= 4 is 29.6 Å². The lowest BCUT2D eigenvalue weighted by atomic mass is 9.33. The number of fused-ring (bicyclic) bond motifs is 7. The first-order valence-corrected chi connectivity index (χ1v) is 20.2. The van der Waals surface area contributed by atoms with Gasteiger partial charge in [0, 0.05) is 25.3 Å². The molecule has 4 saturated carbocycles. The number of carbonyl (C=O) groups excluding carboxylic acids is 3. The van der Waals surface area contributed by atoms with E-state index in [-0.39, 0.29) is 76.5 Å². The minimum absolute atomic E-state index is 0.00347. The molecule has 1 aromatic carbocycles. The first-order valence-electron chi connectivity index (χ1n) is 20.2. The average Bonchev–Trinajstić information content (AvgIpc) is 3.10. The molecule has 10 atom stereocenters. The zero-order valence-corrected chi connectivity index (χ0v) is 34.0. The highest BCUT2D eigenvalue weighted by atomic mass is 16.5. The number of likely N-dealkylation sites (N-methyl/N-ethyl adjacent to an activating group) is 1. The first-order chi connectivity index (χ1) is 25.0. The molecule has 0 spiro atoms. The number of aliphatic carboxylic acids is 2. The summed E-state index contributed by atoms with van der Waals surface area (Å²) in [6.07, 6.45) is 8.69. The van der Waals surface area contributed by atoms with Crippen molar-refractivity contribution in [1.82, 2.24) is 4.90 Å². The van der Waals surface area contributed by atoms with Crippen LogP contribution in [0.4, 0.5) is 0 Å². The second kappa shape index (κ2) is 13.3. The van der Waals surface area contributed by atoms with Crippen LogP contribution >= 0.6 is 0 Å². The Morgan fingerprint density at radius 2 is 1.54 bits per heavy atom. The third kappa shape index (κ3) is 5.96. The number of amides is 1. The number of rotatable bonds is 9. The summed E-state index contributed by atoms with van der Waals surface area (Å²) in [6.45, 7) is 17.3. The number of benzene rings is 1. The van der Waals surface area contributed by atoms with Crippen LogP contribution in [-0.2, 0) is 35.3 Å². The fraction of sp³-hybridized carbons (Fsp3) is 0.711. The van der Waals surface area contributed by atoms with Crippen LogP contribution in [0.2, 0.25) is 0 Å². The van der Waals surface area contributed by atoms with Crippen LogP contribution in [-0.4, -0.2) is 57.3 Å². The standard InChI is InChI=1S/C45H63NO8/c1-39(2)29(36(50)46(9)45(8,37(51)52)20-17-34(48)49)15-18-42(5)33(39)16-19-44(7)35(42)32(47)25-30-31-26-41(4,22-21-40(31,3)23-24-43(30,44)6)38(53)54-27-28-13-11-10-12-14-28/h10-14,25,29,31,33,35H,15-24,26-27H2,1-9H3,(H,48,49)(H,51,52)/t29-,31+,33+,35-,40-,41+,42+,43-,44-,45+/m1/s1. The van der Waals surface area contributed by atoms with Gasteiger partial charge in [-0.3, -0.25) is 19.2 Å². The van der Waals surface area contributed by atoms with E-state index in [0.29, 0.717) is 19.3 Å². The van der Waals surface area contributed by atoms with Gasteiger partial charge < -0.3 is 19.8 Å². The summed E-state index contributed by atoms with van der Waals surface area (Å²) in [5.74, 6) is -3.15. The molecule has 9 heteroatoms. The summed E-state index contributed by atoms with van der Waals surface area (Å²) >= 11 is 0. The van der Waals surface area contributed by atoms with Crippen LogP contribution in [0.25, 0.3) is 0 Å². The zero-order chi connectivity index (χ0) is 39.9. The summed E-state index contributed by atoms with van der Waals surface area (Å²) in [7, 11) is 1.49. The first kappa shape index (κ1) is 40.2. The van der Waals surface area contributed by atoms with E-state index >= 15 is 0 Å². The molecule has 6 rings (SSSR count). The quantitative estimate of drug-likeness (QED) is 0.240. The maximum Gasteiger partial charge on any atom is 0.329 e. The van der Waals surface area contributed by atoms with Gasteiger partial charge in [0.15, 0.2) is 5.78 Å². The molecule has 296 valence electrons. The van der Waals surface area contributed by atoms with Gasteiger partial charge in [-0.15, -0.1) is 0 Å². The van der Waals surface area contributed by atoms with E-state index in [2.05, 4.69) is 48.5 Å². The number of ether oxygens (including phenoxy) is 1. The normalized spacial score (nSPS) is 39.3. The molecule has 9 nitrogen and oxygen atoms in total. The monoisotopic (exact) mass is 745 g/mol. The van der Waals surface area contributed by atoms with Crippen LogP contribution in [0, 0.1) is 56.2 Å². The Bertz CT molecular complexity index is 1750. The van der Waals surface area contributed by atoms with Gasteiger partial charge in [0.1, 0.15) is 12.1 Å². The maximum atomic E-state index is 14.9. The Kier molecular flexibility index (Phi) is 9.91. The van der Waals surface area contributed by atoms with Crippen molar-refractivity contribution < 1.29 is 38.9 Å². The molecule has 0 aromatic heterocycles. The SMILES string of the molecule is CN(C(=O)[C@H]1CC[C@]2(C)[C@H]3C(=O)C=C4[C@@H]5C[C@@](C)(C(=O)OCc6ccccc6)CC[C@]5(C)CC[C@@]4(C)[C@]3(C)CC[C@H]2C1(C)C)[C@@](C)(CCC(=O)O)C(=O)O. The molecule has 0 saturated heterocycles. The van der Waals surface area contributed by atoms with Crippen LogP contribution in [0.15, 0.2) is 42.0 Å². The second-order valence-electron chi connectivity index (χ2n) is 20.1. The molecular formula is C45H63NO8. The highest BCUT2D eigenvalue weighted by molar-refractivity contribution is 5.96. The van der Waals surface area contributed by atoms with Gasteiger partial charge in [0.2, 0.25) is 5.91 Å². The van der Waals surface area contributed by atoms with Gasteiger partial charge in [-0.05, 0) is 129 Å². The van der Waals surface area contributed by atoms with E-state index < -0.39 is 34.2 Å². The molecule has 0 bridgehead atoms. The predicted octanol–water partition coefficient (Wildman–Crippen LogP) is 8.49. The van der Waals surface area contributed by atoms with Crippen molar-refractivity contribution in [3.63, 3.8) is 0 Å². The lowest BCUT2D eigenvalue weighted by Crippen LogP contribution is -2.67. The van der Waals surface area contributed by atoms with Crippen LogP contribution in [0.1, 0.15) is 132 Å². The highest BCUT2D eigenvalue weighted by Crippen LogP contribution is 2.75. The van der Waals surface area contributed by atoms with E-state index in [1.165, 1.54) is 24.4 Å². The van der Waals surface area contributed by atoms with Crippen molar-refractivity contribution in [3.8, 4) is 0 Å². The number of carbonyl (C=O) groups is 5. The fourth-order valence-corrected chi connectivity index (χ4v) is 13.0. The molecule has 4 fully saturated rings. The third-order valence-electron chi connectivity index (χ3n) is 17.0. The Hall–Kier alpha value is -3.49. The number of ketones is 1. The summed E-state index contributed by atoms with van der Waals surface area (Å²) in [6, 6.07) is 9.78. The fourth-order valence-electron chi connectivity index (χ4n) is 13.0. The van der Waals surface area contributed by atoms with Crippen molar-refractivity contribution in [3.05, 3.63) is 47.5 Å². The molecule has 5 aliphatic rings. The largest absolute Gasteiger partial charge is 0.481 e. The zero-order valence-electron chi connectivity index (χ0n) is 34.0. The number of carboxylic acids is 2. The number of carboxylic acid groups (broad SMARTS) is 2. The number of hydrogen-bond acceptors (Lipinski definition) is 6. The molecule has 54 heavy (non-hydrogen) atoms. The molecule has 0 aliphatic heterocycles. The smallest absolute Gasteiger partial charge is 0.329 e. The van der Waals surface area contributed by atoms with E-state index in [1.54, 1.807) is 0 Å². The van der Waals surface area contributed by atoms with E-state index in [4.69, 9.17) is 4.74 Å². The van der Waals surface area contributed by atoms with Gasteiger partial charge in [-0.1, -0.05) is 77.4 Å². The van der Waals surface area contributed by atoms with Gasteiger partial charge in [-0.2, -0.15) is 0 Å². The Balaban J connectivity index is 1.28. The molecule has 5 aliphatic carbocycles. The molecule has 1 amide bonds. The average molecular weight is 746 g/mol. The van der Waals surface area contributed by atoms with E-state index in [9.17, 15) is 34.2 Å². The Morgan fingerprint density at radius 3 is 2.17 bits per heavy atom. The third-order valence-corrected chi connectivity index (χ3v) is 17.0. The summed E-state index contributed by atoms with van der Waals surface area (Å²) < 4.78 is 5.95. The van der Waals surface area contributed by atoms with Gasteiger partial charge in [-0.25, -0.2) is 4.79 Å². The highest BCUT2D eigenvalue weighted by Gasteiger charge is 2.71. The lowest BCUT2D eigenvalue weighted by molar-refractivity contribution is -0.198. The summed E-state index contributed by atoms with van der Waals surface area (Å²) in [5.41, 5.74) is -1.58.